The number of fused-ring (bicyclic) bond motifs is 2. The average molecular weight is 1920 g/mol. The number of amides is 4. The second kappa shape index (κ2) is 35.1. The van der Waals surface area contributed by atoms with Gasteiger partial charge in [0.05, 0.1) is 27.9 Å². The molecule has 0 spiro atoms. The van der Waals surface area contributed by atoms with Gasteiger partial charge in [-0.15, -0.1) is 24.0 Å². The van der Waals surface area contributed by atoms with Gasteiger partial charge in [-0.05, 0) is 80.5 Å². The molecule has 0 saturated heterocycles. The van der Waals surface area contributed by atoms with E-state index in [4.69, 9.17) is 7.71 Å². The maximum atomic E-state index is 11.7. The molecule has 5 aliphatic heterocycles. The van der Waals surface area contributed by atoms with Crippen LogP contribution in [0.4, 0.5) is 0 Å². The number of Topliss-reactive ketones (excluding diaryl/α,β-unsaturated/α-hetero) is 1. The number of nitrogens with two attached hydrogens (primary N) is 1. The topological polar surface area (TPSA) is 176 Å². The van der Waals surface area contributed by atoms with Crippen LogP contribution in [-0.2, 0) is 40.7 Å². The van der Waals surface area contributed by atoms with Crippen molar-refractivity contribution in [3.05, 3.63) is 73.2 Å². The van der Waals surface area contributed by atoms with Crippen LogP contribution in [0.25, 0.3) is 0 Å². The van der Waals surface area contributed by atoms with Crippen LogP contribution < -0.4 is 19.0 Å². The number of esters is 1. The zero-order valence-electron chi connectivity index (χ0n) is 39.7. The zero-order chi connectivity index (χ0) is 51.1. The molecule has 6 rings (SSSR count). The third-order valence-corrected chi connectivity index (χ3v) is 9.68. The summed E-state index contributed by atoms with van der Waals surface area (Å²) in [5, 5.41) is 9.51. The van der Waals surface area contributed by atoms with Crippen LogP contribution in [0.1, 0.15) is 93.3 Å². The van der Waals surface area contributed by atoms with E-state index in [1.54, 1.807) is 65.4 Å². The van der Waals surface area contributed by atoms with Gasteiger partial charge in [-0.3, -0.25) is 24.0 Å². The molecule has 0 bridgehead atoms. The van der Waals surface area contributed by atoms with Crippen molar-refractivity contribution in [1.82, 2.24) is 24.2 Å². The van der Waals surface area contributed by atoms with Gasteiger partial charge in [0.2, 0.25) is 11.8 Å². The fourth-order valence-corrected chi connectivity index (χ4v) is 5.75. The van der Waals surface area contributed by atoms with Crippen molar-refractivity contribution in [2.75, 3.05) is 35.2 Å². The van der Waals surface area contributed by atoms with Crippen LogP contribution in [0.15, 0.2) is 56.4 Å². The van der Waals surface area contributed by atoms with Gasteiger partial charge in [0, 0.05) is 110 Å². The number of likely N-dealkylation sites (N-methyl/N-ethyl adjacent to an activating group) is 3. The summed E-state index contributed by atoms with van der Waals surface area (Å²) < 4.78 is 16.5. The molecule has 1 aromatic rings. The summed E-state index contributed by atoms with van der Waals surface area (Å²) in [6.45, 7) is 20.1. The van der Waals surface area contributed by atoms with Gasteiger partial charge in [0.25, 0.3) is 17.7 Å². The van der Waals surface area contributed by atoms with E-state index < -0.39 is 5.97 Å². The number of allylic oxidation sites excluding steroid dienone is 5. The first kappa shape index (κ1) is 68.2. The quantitative estimate of drug-likeness (QED) is 0.159. The van der Waals surface area contributed by atoms with E-state index in [1.807, 2.05) is 48.6 Å². The third kappa shape index (κ3) is 19.0. The summed E-state index contributed by atoms with van der Waals surface area (Å²) in [6.07, 6.45) is 0.613. The van der Waals surface area contributed by atoms with Crippen molar-refractivity contribution < 1.29 is 59.8 Å². The Balaban J connectivity index is -0.000000220. The second-order valence-electron chi connectivity index (χ2n) is 12.6. The summed E-state index contributed by atoms with van der Waals surface area (Å²) in [6, 6.07) is 0. The molecule has 14 nitrogen and oxygen atoms in total. The van der Waals surface area contributed by atoms with Crippen molar-refractivity contribution >= 4 is 194 Å². The van der Waals surface area contributed by atoms with Crippen LogP contribution in [-0.4, -0.2) is 99.9 Å². The fourth-order valence-electron chi connectivity index (χ4n) is 5.75. The van der Waals surface area contributed by atoms with Gasteiger partial charge in [0.15, 0.2) is 5.78 Å². The Kier molecular flexibility index (Phi) is 38.6. The van der Waals surface area contributed by atoms with Gasteiger partial charge in [-0.1, -0.05) is 13.8 Å². The molecule has 3 N–H and O–H groups in total. The van der Waals surface area contributed by atoms with Gasteiger partial charge in [-0.25, -0.2) is 4.79 Å². The molecule has 0 aliphatic carbocycles. The standard InChI is InChI=1S/C10H12N2O2.C9H9NO3.C9H13NO2.C7H11NO.C2H6.CH5N.I3.I2.4HI.V.H2/c1-5-7-8(10(14)11(5)3)6(2)12(4)9(7)13;1-4-6-7(8(11)10(4)3)5(2)13-9(6)12;1-5-6(2)10(4)9(12)8(5)7(3)11;1-5-4-7(9)8(3)6(5)2;2*1-2;1-3-2;1-2;;;;;;/h1-4H3;1-3H3;12H,1-4H3;4H2,1-3H3;1-2H3;2H2,1H3;;;4*1H;;1H/q;;;;;;-1;;;;;;+3;/p-3/i;;;;;;;;;;;;;1+2D. The van der Waals surface area contributed by atoms with Crippen LogP contribution >= 0.6 is 158 Å². The Labute approximate surface area is 479 Å². The van der Waals surface area contributed by atoms with Gasteiger partial charge >= 0.3 is 121 Å². The number of nitrogens with zero attached hydrogens (tertiary/aromatic N) is 5. The molecule has 6 heterocycles. The molecular weight excluding hydrogens is 1860 g/mol. The molecule has 0 radical (unpaired) electrons. The van der Waals surface area contributed by atoms with Gasteiger partial charge in [-0.2, -0.15) is 0 Å². The number of halogens is 9. The number of hydrogen-bond acceptors (Lipinski definition) is 9. The Morgan fingerprint density at radius 1 is 0.726 bits per heavy atom. The number of hydrogen-bond donors (Lipinski definition) is 2. The Bertz CT molecular complexity index is 1910. The monoisotopic (exact) mass is 1920 g/mol. The summed E-state index contributed by atoms with van der Waals surface area (Å²) in [4.78, 5) is 74.2. The molecule has 1 aromatic heterocycles. The van der Waals surface area contributed by atoms with E-state index in [0.29, 0.717) is 59.0 Å². The molecule has 24 heteroatoms. The predicted octanol–water partition coefficient (Wildman–Crippen LogP) is 8.40. The normalized spacial score (nSPS) is 15.7. The van der Waals surface area contributed by atoms with E-state index in [1.165, 1.54) is 34.2 Å². The van der Waals surface area contributed by atoms with Crippen LogP contribution in [0, 0.1) is 13.8 Å². The first-order valence-electron chi connectivity index (χ1n) is 18.8. The Morgan fingerprint density at radius 2 is 1.05 bits per heavy atom. The van der Waals surface area contributed by atoms with E-state index in [0.717, 1.165) is 28.3 Å². The fraction of sp³-hybridized carbons (Fsp3) is 0.474. The molecular formula is C38H59I9N6O8V-. The second-order valence-corrected chi connectivity index (χ2v) is 64.2. The van der Waals surface area contributed by atoms with Crippen molar-refractivity contribution in [3.63, 3.8) is 0 Å². The van der Waals surface area contributed by atoms with E-state index >= 15 is 0 Å². The van der Waals surface area contributed by atoms with Crippen molar-refractivity contribution in [2.24, 2.45) is 12.8 Å². The molecule has 0 atom stereocenters. The minimum atomic E-state index is -0.414. The molecule has 358 valence electrons. The first-order valence-corrected chi connectivity index (χ1v) is 50.2. The van der Waals surface area contributed by atoms with Crippen LogP contribution in [0.3, 0.4) is 0 Å². The number of aromatic nitrogens is 1. The van der Waals surface area contributed by atoms with E-state index in [9.17, 15) is 33.9 Å². The number of carbonyl (C=O) groups excluding carboxylic acids is 6. The summed E-state index contributed by atoms with van der Waals surface area (Å²) in [5.41, 5.74) is 13.2. The number of rotatable bonds is 1. The molecule has 5 aliphatic rings. The molecule has 0 fully saturated rings. The molecule has 0 unspecified atom stereocenters. The van der Waals surface area contributed by atoms with E-state index in [2.05, 4.69) is 140 Å². The van der Waals surface area contributed by atoms with Crippen LogP contribution in [0.5, 0.6) is 5.88 Å². The van der Waals surface area contributed by atoms with Crippen LogP contribution in [0.2, 0.25) is 0 Å². The van der Waals surface area contributed by atoms with E-state index in [-0.39, 0.29) is 64.2 Å². The first-order chi connectivity index (χ1) is 29.2. The predicted molar refractivity (Wildman–Crippen MR) is 315 cm³/mol. The van der Waals surface area contributed by atoms with Gasteiger partial charge in [0.1, 0.15) is 5.76 Å². The van der Waals surface area contributed by atoms with Crippen molar-refractivity contribution in [3.8, 4) is 5.88 Å². The number of cyclic esters (lactones) is 1. The van der Waals surface area contributed by atoms with Gasteiger partial charge < -0.3 is 39.7 Å². The Morgan fingerprint density at radius 3 is 1.26 bits per heavy atom. The third-order valence-electron chi connectivity index (χ3n) is 9.68. The molecule has 4 amide bonds. The minimum absolute atomic E-state index is 0. The summed E-state index contributed by atoms with van der Waals surface area (Å²) >= 11 is 16.9. The zero-order valence-corrected chi connectivity index (χ0v) is 58.7. The summed E-state index contributed by atoms with van der Waals surface area (Å²) in [7, 11) is 10.1. The molecule has 62 heavy (non-hydrogen) atoms. The maximum absolute atomic E-state index is 11.7. The number of ether oxygens (including phenoxy) is 1. The SMILES string of the molecule is CC.CC(=O)c1c(C)c(C)n(C)c1O.CC1=C(C)N(C)C(=O)C1.CC1=C2C(=O)N(C)C(C)=C2C(=O)N1C.CC1=C2C(=O)N(C)C(C)=C2C(=O)O1.CN.I.II.I[I-]I.[2H][3H].[I][V]([I])[I]. The number of ketones is 1. The number of aromatic hydroxyl groups is 1. The molecule has 0 saturated carbocycles. The summed E-state index contributed by atoms with van der Waals surface area (Å²) in [5.74, 6) is -0.121. The Hall–Kier alpha value is 1.91. The number of carbonyl (C=O) groups is 6. The van der Waals surface area contributed by atoms with Crippen molar-refractivity contribution in [1.29, 1.82) is 0 Å². The average Bonchev–Trinajstić information content (AvgIpc) is 3.96. The van der Waals surface area contributed by atoms with Crippen molar-refractivity contribution in [2.45, 2.75) is 82.6 Å². The molecule has 0 aromatic carbocycles.